The number of hydrogen-bond acceptors (Lipinski definition) is 16. The molecule has 7 atom stereocenters. The van der Waals surface area contributed by atoms with E-state index in [0.29, 0.717) is 0 Å². The van der Waals surface area contributed by atoms with Crippen molar-refractivity contribution in [1.82, 2.24) is 39.0 Å². The number of nitrogen functional groups attached to an aromatic ring is 2. The fourth-order valence-electron chi connectivity index (χ4n) is 5.76. The van der Waals surface area contributed by atoms with Gasteiger partial charge in [0.15, 0.2) is 28.1 Å². The van der Waals surface area contributed by atoms with Crippen molar-refractivity contribution in [2.24, 2.45) is 5.92 Å². The Labute approximate surface area is 251 Å². The second-order valence-corrected chi connectivity index (χ2v) is 13.6. The maximum atomic E-state index is 13.2. The molecule has 2 aliphatic heterocycles. The predicted octanol–water partition coefficient (Wildman–Crippen LogP) is 0.350. The van der Waals surface area contributed by atoms with Crippen LogP contribution in [-0.2, 0) is 37.7 Å². The van der Waals surface area contributed by atoms with Crippen LogP contribution >= 0.6 is 15.6 Å². The number of nitrogens with zero attached hydrogens (tertiary/aromatic N) is 7. The van der Waals surface area contributed by atoms with Crippen LogP contribution in [0.2, 0.25) is 0 Å². The zero-order valence-corrected chi connectivity index (χ0v) is 24.9. The molecule has 8 N–H and O–H groups in total. The second kappa shape index (κ2) is 10.4. The topological polar surface area (TPSA) is 300 Å². The summed E-state index contributed by atoms with van der Waals surface area (Å²) in [7, 11) is -9.75. The highest BCUT2D eigenvalue weighted by Crippen LogP contribution is 2.55. The van der Waals surface area contributed by atoms with Gasteiger partial charge in [-0.25, -0.2) is 29.1 Å². The van der Waals surface area contributed by atoms with Gasteiger partial charge in [0, 0.05) is 12.3 Å². The fraction of sp³-hybridized carbons (Fsp3) is 0.455. The number of phosphoric acid groups is 2. The van der Waals surface area contributed by atoms with Crippen LogP contribution in [0.5, 0.6) is 0 Å². The van der Waals surface area contributed by atoms with Crippen molar-refractivity contribution < 1.29 is 46.9 Å². The number of allylic oxidation sites excluding steroid dienone is 1. The van der Waals surface area contributed by atoms with E-state index < -0.39 is 70.1 Å². The molecule has 45 heavy (non-hydrogen) atoms. The Morgan fingerprint density at radius 2 is 1.73 bits per heavy atom. The smallest absolute Gasteiger partial charge is 0.472 e. The summed E-state index contributed by atoms with van der Waals surface area (Å²) in [6.45, 7) is 0.351. The van der Waals surface area contributed by atoms with Crippen LogP contribution in [0.3, 0.4) is 0 Å². The van der Waals surface area contributed by atoms with Crippen LogP contribution in [0.15, 0.2) is 29.5 Å². The summed E-state index contributed by atoms with van der Waals surface area (Å²) < 4.78 is 56.7. The number of ether oxygens (including phenoxy) is 1. The Morgan fingerprint density at radius 3 is 2.53 bits per heavy atom. The van der Waals surface area contributed by atoms with Crippen LogP contribution in [-0.4, -0.2) is 85.5 Å². The van der Waals surface area contributed by atoms with Gasteiger partial charge in [0.2, 0.25) is 5.95 Å². The molecule has 21 nitrogen and oxygen atoms in total. The Hall–Kier alpha value is -3.78. The molecule has 6 heterocycles. The Kier molecular flexibility index (Phi) is 6.89. The monoisotopic (exact) mass is 668 g/mol. The molecule has 0 amide bonds. The molecule has 6 unspecified atom stereocenters. The summed E-state index contributed by atoms with van der Waals surface area (Å²) in [5.74, 6) is -1.54. The minimum Gasteiger partial charge on any atom is -0.508 e. The van der Waals surface area contributed by atoms with Crippen molar-refractivity contribution in [3.8, 4) is 0 Å². The summed E-state index contributed by atoms with van der Waals surface area (Å²) in [4.78, 5) is 56.4. The molecule has 240 valence electrons. The number of anilines is 2. The average Bonchev–Trinajstić information content (AvgIpc) is 3.71. The predicted molar refractivity (Wildman–Crippen MR) is 151 cm³/mol. The molecule has 4 aromatic rings. The van der Waals surface area contributed by atoms with E-state index >= 15 is 0 Å². The van der Waals surface area contributed by atoms with Crippen LogP contribution < -0.4 is 17.0 Å². The van der Waals surface area contributed by atoms with Gasteiger partial charge in [-0.15, -0.1) is 0 Å². The minimum atomic E-state index is -4.92. The summed E-state index contributed by atoms with van der Waals surface area (Å²) in [6.07, 6.45) is -0.384. The highest BCUT2D eigenvalue weighted by atomic mass is 31.2. The average molecular weight is 668 g/mol. The van der Waals surface area contributed by atoms with Crippen LogP contribution in [0.25, 0.3) is 28.0 Å². The van der Waals surface area contributed by atoms with Crippen LogP contribution in [0.1, 0.15) is 19.8 Å². The summed E-state index contributed by atoms with van der Waals surface area (Å²) in [5.41, 5.74) is 10.2. The Bertz CT molecular complexity index is 2030. The van der Waals surface area contributed by atoms with Gasteiger partial charge in [-0.3, -0.25) is 37.0 Å². The fourth-order valence-corrected chi connectivity index (χ4v) is 7.71. The van der Waals surface area contributed by atoms with Crippen molar-refractivity contribution in [3.63, 3.8) is 0 Å². The highest BCUT2D eigenvalue weighted by Gasteiger charge is 2.51. The third-order valence-corrected chi connectivity index (χ3v) is 9.79. The van der Waals surface area contributed by atoms with Gasteiger partial charge in [0.05, 0.1) is 25.2 Å². The van der Waals surface area contributed by atoms with Crippen molar-refractivity contribution in [1.29, 1.82) is 0 Å². The standard InChI is InChI=1S/C22H26N10O11P2/c1-22(32-8-28-14-19(32)29-21(24)30-20(14)34)3-11-12(41-22)5-40-45(37,38)43-16-9(4-39-44(35,36)42-11)2-10(15(16)33)31-7-27-13-17(23)25-6-26-18(13)31/h6-9,11-12,16,33H,2-5H2,1H3,(H,35,36)(H,37,38)(H2,23,25,26)(H3,24,29,30,34)/t9-,11?,12?,16?,22?/m1/s1. The van der Waals surface area contributed by atoms with E-state index in [2.05, 4.69) is 29.9 Å². The zero-order chi connectivity index (χ0) is 31.9. The van der Waals surface area contributed by atoms with Gasteiger partial charge in [-0.2, -0.15) is 4.98 Å². The normalized spacial score (nSPS) is 34.5. The molecule has 0 radical (unpaired) electrons. The first kappa shape index (κ1) is 29.9. The number of imidazole rings is 2. The largest absolute Gasteiger partial charge is 0.508 e. The number of aromatic nitrogens is 8. The number of rotatable bonds is 2. The van der Waals surface area contributed by atoms with Crippen molar-refractivity contribution >= 4 is 55.4 Å². The van der Waals surface area contributed by atoms with E-state index in [-0.39, 0.29) is 52.6 Å². The second-order valence-electron chi connectivity index (χ2n) is 10.8. The lowest BCUT2D eigenvalue weighted by molar-refractivity contribution is -0.104. The van der Waals surface area contributed by atoms with E-state index in [1.165, 1.54) is 28.1 Å². The SMILES string of the molecule is CC1(n2cnc3c(=O)[nH]c(N)nc32)CC2OP(=O)(O)OC[C@H]3CC(n4cnc5c(N)ncnc54)=C(O)C3OP(=O)(O)OCC2O1. The number of aliphatic hydroxyl groups is 1. The van der Waals surface area contributed by atoms with E-state index in [0.717, 1.165) is 0 Å². The van der Waals surface area contributed by atoms with Crippen molar-refractivity contribution in [3.05, 3.63) is 35.1 Å². The summed E-state index contributed by atoms with van der Waals surface area (Å²) in [5, 5.41) is 11.2. The van der Waals surface area contributed by atoms with Gasteiger partial charge in [0.1, 0.15) is 42.5 Å². The Morgan fingerprint density at radius 1 is 1.00 bits per heavy atom. The molecule has 2 saturated heterocycles. The van der Waals surface area contributed by atoms with E-state index in [1.807, 2.05) is 0 Å². The molecule has 2 fully saturated rings. The lowest BCUT2D eigenvalue weighted by Gasteiger charge is -2.28. The van der Waals surface area contributed by atoms with E-state index in [4.69, 9.17) is 34.3 Å². The number of fused-ring (bicyclic) bond motifs is 4. The number of aromatic amines is 1. The lowest BCUT2D eigenvalue weighted by atomic mass is 10.1. The summed E-state index contributed by atoms with van der Waals surface area (Å²) >= 11 is 0. The van der Waals surface area contributed by atoms with Gasteiger partial charge in [-0.05, 0) is 13.3 Å². The van der Waals surface area contributed by atoms with Crippen molar-refractivity contribution in [2.75, 3.05) is 24.7 Å². The number of nitrogens with one attached hydrogen (secondary N) is 1. The molecular weight excluding hydrogens is 642 g/mol. The third kappa shape index (κ3) is 5.21. The first-order valence-corrected chi connectivity index (χ1v) is 16.3. The van der Waals surface area contributed by atoms with Crippen LogP contribution in [0, 0.1) is 5.92 Å². The number of phosphoric ester groups is 2. The molecule has 0 aromatic carbocycles. The maximum absolute atomic E-state index is 13.2. The molecular formula is C22H26N10O11P2. The lowest BCUT2D eigenvalue weighted by Crippen LogP contribution is -2.32. The Balaban J connectivity index is 1.19. The van der Waals surface area contributed by atoms with E-state index in [1.54, 1.807) is 6.92 Å². The number of H-pyrrole nitrogens is 1. The molecule has 0 saturated carbocycles. The highest BCUT2D eigenvalue weighted by molar-refractivity contribution is 7.47. The molecule has 0 spiro atoms. The zero-order valence-electron chi connectivity index (χ0n) is 23.2. The van der Waals surface area contributed by atoms with Gasteiger partial charge < -0.3 is 31.1 Å². The molecule has 1 aliphatic carbocycles. The van der Waals surface area contributed by atoms with Gasteiger partial charge >= 0.3 is 15.6 Å². The van der Waals surface area contributed by atoms with E-state index in [9.17, 15) is 28.8 Å². The quantitative estimate of drug-likeness (QED) is 0.157. The van der Waals surface area contributed by atoms with Crippen molar-refractivity contribution in [2.45, 2.75) is 43.8 Å². The summed E-state index contributed by atoms with van der Waals surface area (Å²) in [6, 6.07) is 0. The minimum absolute atomic E-state index is 0.0418. The van der Waals surface area contributed by atoms with Crippen LogP contribution in [0.4, 0.5) is 11.8 Å². The molecule has 3 aliphatic rings. The number of nitrogens with two attached hydrogens (primary N) is 2. The molecule has 4 aromatic heterocycles. The maximum Gasteiger partial charge on any atom is 0.472 e. The van der Waals surface area contributed by atoms with Gasteiger partial charge in [-0.1, -0.05) is 0 Å². The number of hydrogen-bond donors (Lipinski definition) is 6. The first-order chi connectivity index (χ1) is 21.2. The molecule has 23 heteroatoms. The molecule has 0 bridgehead atoms. The van der Waals surface area contributed by atoms with Gasteiger partial charge in [0.25, 0.3) is 5.56 Å². The number of aliphatic hydroxyl groups excluding tert-OH is 1. The first-order valence-electron chi connectivity index (χ1n) is 13.3. The molecule has 7 rings (SSSR count). The third-order valence-electron chi connectivity index (χ3n) is 7.81.